The molecule has 2 bridgehead atoms. The van der Waals surface area contributed by atoms with Gasteiger partial charge in [-0.2, -0.15) is 0 Å². The van der Waals surface area contributed by atoms with E-state index in [2.05, 4.69) is 13.0 Å². The van der Waals surface area contributed by atoms with Crippen LogP contribution in [0, 0.1) is 28.1 Å². The van der Waals surface area contributed by atoms with Crippen LogP contribution >= 0.6 is 0 Å². The van der Waals surface area contributed by atoms with Crippen LogP contribution in [0.4, 0.5) is 0 Å². The Labute approximate surface area is 144 Å². The van der Waals surface area contributed by atoms with Crippen LogP contribution in [0.1, 0.15) is 65.2 Å². The van der Waals surface area contributed by atoms with Crippen molar-refractivity contribution in [1.82, 2.24) is 0 Å². The monoisotopic (exact) mass is 334 g/mol. The predicted molar refractivity (Wildman–Crippen MR) is 90.3 cm³/mol. The van der Waals surface area contributed by atoms with Gasteiger partial charge in [0.15, 0.2) is 0 Å². The van der Waals surface area contributed by atoms with Crippen molar-refractivity contribution in [1.29, 1.82) is 0 Å². The van der Waals surface area contributed by atoms with Gasteiger partial charge in [0.1, 0.15) is 0 Å². The van der Waals surface area contributed by atoms with E-state index in [9.17, 15) is 20.1 Å². The molecular weight excluding hydrogens is 304 g/mol. The zero-order valence-electron chi connectivity index (χ0n) is 14.8. The fourth-order valence-corrected chi connectivity index (χ4v) is 7.49. The van der Waals surface area contributed by atoms with Crippen molar-refractivity contribution in [3.63, 3.8) is 0 Å². The number of carbonyl (C=O) groups is 1. The summed E-state index contributed by atoms with van der Waals surface area (Å²) >= 11 is 0. The number of hydrogen-bond acceptors (Lipinski definition) is 3. The van der Waals surface area contributed by atoms with Crippen molar-refractivity contribution in [3.8, 4) is 0 Å². The number of aliphatic carboxylic acids is 1. The molecule has 4 nitrogen and oxygen atoms in total. The van der Waals surface area contributed by atoms with E-state index in [4.69, 9.17) is 0 Å². The lowest BCUT2D eigenvalue weighted by molar-refractivity contribution is -0.183. The van der Waals surface area contributed by atoms with Gasteiger partial charge in [-0.1, -0.05) is 19.4 Å². The minimum atomic E-state index is -0.820. The average molecular weight is 334 g/mol. The standard InChI is InChI=1S/C20H30O4/c1-17-6-3-7-18(2,16(22)23)14(17)4-8-19-10-13(11-21)20(24,12-19)9-5-15(17)19/h10,14-15,21,24H,3-9,11-12H2,1-2H3,(H,22,23)/t14-,15-,17+,18+,19?,20-/m0/s1. The minimum absolute atomic E-state index is 0.0202. The third-order valence-corrected chi connectivity index (χ3v) is 8.55. The van der Waals surface area contributed by atoms with Gasteiger partial charge < -0.3 is 15.3 Å². The normalized spacial score (nSPS) is 53.1. The van der Waals surface area contributed by atoms with Gasteiger partial charge in [0.25, 0.3) is 0 Å². The molecule has 0 heterocycles. The van der Waals surface area contributed by atoms with Crippen LogP contribution in [0.3, 0.4) is 0 Å². The summed E-state index contributed by atoms with van der Waals surface area (Å²) in [5, 5.41) is 30.6. The van der Waals surface area contributed by atoms with Crippen LogP contribution in [-0.4, -0.2) is 33.5 Å². The van der Waals surface area contributed by atoms with Crippen LogP contribution in [0.2, 0.25) is 0 Å². The van der Waals surface area contributed by atoms with Crippen molar-refractivity contribution in [3.05, 3.63) is 11.6 Å². The molecule has 0 amide bonds. The highest BCUT2D eigenvalue weighted by atomic mass is 16.4. The summed E-state index contributed by atoms with van der Waals surface area (Å²) in [6, 6.07) is 0. The number of carboxylic acids is 1. The van der Waals surface area contributed by atoms with Crippen LogP contribution in [0.25, 0.3) is 0 Å². The third kappa shape index (κ3) is 1.84. The van der Waals surface area contributed by atoms with E-state index in [-0.39, 0.29) is 23.4 Å². The lowest BCUT2D eigenvalue weighted by atomic mass is 9.41. The van der Waals surface area contributed by atoms with Crippen LogP contribution in [0.5, 0.6) is 0 Å². The van der Waals surface area contributed by atoms with E-state index in [0.717, 1.165) is 50.5 Å². The Kier molecular flexibility index (Phi) is 3.35. The Hall–Kier alpha value is -0.870. The summed E-state index contributed by atoms with van der Waals surface area (Å²) in [6.07, 6.45) is 9.29. The largest absolute Gasteiger partial charge is 0.481 e. The molecule has 3 fully saturated rings. The summed E-state index contributed by atoms with van der Waals surface area (Å²) in [4.78, 5) is 12.1. The van der Waals surface area contributed by atoms with Crippen molar-refractivity contribution in [2.75, 3.05) is 6.61 Å². The Morgan fingerprint density at radius 2 is 1.88 bits per heavy atom. The maximum atomic E-state index is 12.1. The Balaban J connectivity index is 1.77. The van der Waals surface area contributed by atoms with Gasteiger partial charge in [-0.25, -0.2) is 0 Å². The quantitative estimate of drug-likeness (QED) is 0.678. The number of aliphatic hydroxyl groups is 2. The van der Waals surface area contributed by atoms with Gasteiger partial charge in [0, 0.05) is 0 Å². The van der Waals surface area contributed by atoms with Gasteiger partial charge in [0.2, 0.25) is 0 Å². The summed E-state index contributed by atoms with van der Waals surface area (Å²) in [5.74, 6) is -0.00334. The van der Waals surface area contributed by atoms with Gasteiger partial charge in [0.05, 0.1) is 17.6 Å². The summed E-state index contributed by atoms with van der Waals surface area (Å²) in [7, 11) is 0. The highest BCUT2D eigenvalue weighted by molar-refractivity contribution is 5.75. The molecule has 4 aliphatic rings. The second kappa shape index (κ2) is 4.85. The molecule has 0 aromatic carbocycles. The van der Waals surface area contributed by atoms with E-state index in [1.807, 2.05) is 6.92 Å². The third-order valence-electron chi connectivity index (χ3n) is 8.55. The molecule has 1 unspecified atom stereocenters. The van der Waals surface area contributed by atoms with Crippen LogP contribution < -0.4 is 0 Å². The second-order valence-electron chi connectivity index (χ2n) is 9.53. The number of carboxylic acid groups (broad SMARTS) is 1. The molecule has 134 valence electrons. The summed E-state index contributed by atoms with van der Waals surface area (Å²) in [5.41, 5.74) is -0.646. The number of hydrogen-bond donors (Lipinski definition) is 3. The zero-order valence-corrected chi connectivity index (χ0v) is 14.8. The lowest BCUT2D eigenvalue weighted by Gasteiger charge is -2.63. The van der Waals surface area contributed by atoms with Crippen LogP contribution in [0.15, 0.2) is 11.6 Å². The van der Waals surface area contributed by atoms with E-state index in [1.54, 1.807) is 0 Å². The number of fused-ring (bicyclic) bond motifs is 3. The maximum absolute atomic E-state index is 12.1. The fraction of sp³-hybridized carbons (Fsp3) is 0.850. The highest BCUT2D eigenvalue weighted by Gasteiger charge is 2.66. The summed E-state index contributed by atoms with van der Waals surface area (Å²) in [6.45, 7) is 4.22. The predicted octanol–water partition coefficient (Wildman–Crippen LogP) is 3.13. The first kappa shape index (κ1) is 16.6. The topological polar surface area (TPSA) is 77.8 Å². The van der Waals surface area contributed by atoms with Crippen molar-refractivity contribution in [2.24, 2.45) is 28.1 Å². The molecule has 0 aliphatic heterocycles. The van der Waals surface area contributed by atoms with E-state index in [1.165, 1.54) is 0 Å². The first-order valence-electron chi connectivity index (χ1n) is 9.49. The molecule has 4 rings (SSSR count). The van der Waals surface area contributed by atoms with Gasteiger partial charge in [-0.3, -0.25) is 4.79 Å². The molecule has 0 saturated heterocycles. The zero-order chi connectivity index (χ0) is 17.4. The molecule has 3 saturated carbocycles. The van der Waals surface area contributed by atoms with Crippen LogP contribution in [-0.2, 0) is 4.79 Å². The van der Waals surface area contributed by atoms with Gasteiger partial charge >= 0.3 is 5.97 Å². The van der Waals surface area contributed by atoms with E-state index in [0.29, 0.717) is 12.3 Å². The maximum Gasteiger partial charge on any atom is 0.309 e. The van der Waals surface area contributed by atoms with Crippen molar-refractivity contribution < 1.29 is 20.1 Å². The molecule has 24 heavy (non-hydrogen) atoms. The highest BCUT2D eigenvalue weighted by Crippen LogP contribution is 2.71. The molecule has 1 spiro atoms. The molecule has 3 N–H and O–H groups in total. The Morgan fingerprint density at radius 1 is 1.17 bits per heavy atom. The van der Waals surface area contributed by atoms with Gasteiger partial charge in [-0.05, 0) is 80.1 Å². The Morgan fingerprint density at radius 3 is 2.54 bits per heavy atom. The number of allylic oxidation sites excluding steroid dienone is 1. The molecule has 4 aliphatic carbocycles. The number of rotatable bonds is 2. The average Bonchev–Trinajstić information content (AvgIpc) is 2.72. The summed E-state index contributed by atoms with van der Waals surface area (Å²) < 4.78 is 0. The molecular formula is C20H30O4. The SMILES string of the molecule is C[C@@]12CCC[C@@](C)(C(=O)O)[C@H]1CCC13C=C(CO)[C@](O)(CC[C@H]12)C3. The number of aliphatic hydroxyl groups excluding tert-OH is 1. The van der Waals surface area contributed by atoms with Crippen molar-refractivity contribution >= 4 is 5.97 Å². The first-order chi connectivity index (χ1) is 11.2. The minimum Gasteiger partial charge on any atom is -0.481 e. The van der Waals surface area contributed by atoms with E-state index >= 15 is 0 Å². The first-order valence-corrected chi connectivity index (χ1v) is 9.49. The molecule has 0 radical (unpaired) electrons. The molecule has 0 aromatic rings. The molecule has 0 aromatic heterocycles. The van der Waals surface area contributed by atoms with E-state index < -0.39 is 17.0 Å². The van der Waals surface area contributed by atoms with Gasteiger partial charge in [-0.15, -0.1) is 0 Å². The van der Waals surface area contributed by atoms with Crippen molar-refractivity contribution in [2.45, 2.75) is 70.8 Å². The fourth-order valence-electron chi connectivity index (χ4n) is 7.49. The smallest absolute Gasteiger partial charge is 0.309 e. The Bertz CT molecular complexity index is 613. The molecule has 4 heteroatoms. The molecule has 6 atom stereocenters. The second-order valence-corrected chi connectivity index (χ2v) is 9.53. The lowest BCUT2D eigenvalue weighted by Crippen LogP contribution is -2.59.